The first-order chi connectivity index (χ1) is 12.5. The quantitative estimate of drug-likeness (QED) is 0.242. The number of likely N-dealkylation sites (tertiary alicyclic amines) is 1. The maximum atomic E-state index is 11.4. The van der Waals surface area contributed by atoms with Gasteiger partial charge in [0.2, 0.25) is 10.0 Å². The molecule has 0 unspecified atom stereocenters. The molecular weight excluding hydrogens is 479 g/mol. The zero-order valence-electron chi connectivity index (χ0n) is 16.1. The Morgan fingerprint density at radius 2 is 1.89 bits per heavy atom. The van der Waals surface area contributed by atoms with Crippen LogP contribution in [0.5, 0.6) is 5.75 Å². The van der Waals surface area contributed by atoms with E-state index in [9.17, 15) is 8.42 Å². The van der Waals surface area contributed by atoms with Gasteiger partial charge in [0.05, 0.1) is 5.75 Å². The molecule has 1 aromatic rings. The fourth-order valence-corrected chi connectivity index (χ4v) is 3.49. The highest BCUT2D eigenvalue weighted by atomic mass is 127. The van der Waals surface area contributed by atoms with Crippen LogP contribution in [0.2, 0.25) is 0 Å². The predicted molar refractivity (Wildman–Crippen MR) is 121 cm³/mol. The van der Waals surface area contributed by atoms with Crippen molar-refractivity contribution in [3.8, 4) is 5.75 Å². The SMILES string of the molecule is CCS(=O)(=O)NCCCNC(=NC)N1CCC(Oc2ccccc2)CC1.I. The number of guanidine groups is 1. The van der Waals surface area contributed by atoms with Crippen LogP contribution in [-0.2, 0) is 10.0 Å². The first-order valence-electron chi connectivity index (χ1n) is 9.18. The van der Waals surface area contributed by atoms with Crippen LogP contribution in [0.1, 0.15) is 26.2 Å². The Balaban J connectivity index is 0.00000364. The molecule has 2 rings (SSSR count). The lowest BCUT2D eigenvalue weighted by Gasteiger charge is -2.34. The van der Waals surface area contributed by atoms with Crippen molar-refractivity contribution in [1.29, 1.82) is 0 Å². The summed E-state index contributed by atoms with van der Waals surface area (Å²) in [5.41, 5.74) is 0. The van der Waals surface area contributed by atoms with E-state index in [0.717, 1.165) is 37.6 Å². The molecule has 0 saturated carbocycles. The Morgan fingerprint density at radius 3 is 2.48 bits per heavy atom. The third kappa shape index (κ3) is 8.65. The molecule has 0 radical (unpaired) electrons. The fourth-order valence-electron chi connectivity index (χ4n) is 2.83. The van der Waals surface area contributed by atoms with Gasteiger partial charge in [0.15, 0.2) is 5.96 Å². The van der Waals surface area contributed by atoms with Gasteiger partial charge >= 0.3 is 0 Å². The molecule has 0 spiro atoms. The molecule has 154 valence electrons. The zero-order valence-corrected chi connectivity index (χ0v) is 19.2. The second-order valence-corrected chi connectivity index (χ2v) is 8.34. The van der Waals surface area contributed by atoms with Gasteiger partial charge < -0.3 is 15.0 Å². The van der Waals surface area contributed by atoms with Crippen LogP contribution in [0.3, 0.4) is 0 Å². The maximum Gasteiger partial charge on any atom is 0.211 e. The van der Waals surface area contributed by atoms with Gasteiger partial charge in [0.25, 0.3) is 0 Å². The number of benzene rings is 1. The molecule has 0 aliphatic carbocycles. The third-order valence-electron chi connectivity index (χ3n) is 4.34. The molecule has 1 aliphatic heterocycles. The molecule has 7 nitrogen and oxygen atoms in total. The van der Waals surface area contributed by atoms with Gasteiger partial charge in [-0.25, -0.2) is 13.1 Å². The topological polar surface area (TPSA) is 83.0 Å². The van der Waals surface area contributed by atoms with Gasteiger partial charge in [-0.1, -0.05) is 18.2 Å². The molecular formula is C18H31IN4O3S. The Kier molecular flexibility index (Phi) is 11.0. The molecule has 0 bridgehead atoms. The summed E-state index contributed by atoms with van der Waals surface area (Å²) < 4.78 is 31.4. The average molecular weight is 510 g/mol. The lowest BCUT2D eigenvalue weighted by molar-refractivity contribution is 0.129. The summed E-state index contributed by atoms with van der Waals surface area (Å²) in [6.45, 7) is 4.53. The fraction of sp³-hybridized carbons (Fsp3) is 0.611. The van der Waals surface area contributed by atoms with E-state index in [2.05, 4.69) is 19.9 Å². The van der Waals surface area contributed by atoms with Gasteiger partial charge in [-0.2, -0.15) is 0 Å². The molecule has 9 heteroatoms. The molecule has 1 fully saturated rings. The molecule has 2 N–H and O–H groups in total. The van der Waals surface area contributed by atoms with Gasteiger partial charge in [-0.3, -0.25) is 4.99 Å². The summed E-state index contributed by atoms with van der Waals surface area (Å²) in [5.74, 6) is 1.90. The van der Waals surface area contributed by atoms with Gasteiger partial charge in [-0.15, -0.1) is 24.0 Å². The first kappa shape index (κ1) is 24.0. The molecule has 0 aromatic heterocycles. The second kappa shape index (κ2) is 12.4. The van der Waals surface area contributed by atoms with Crippen molar-refractivity contribution in [2.75, 3.05) is 39.0 Å². The standard InChI is InChI=1S/C18H30N4O3S.HI/c1-3-26(23,24)21-13-7-12-20-18(19-2)22-14-10-17(11-15-22)25-16-8-5-4-6-9-16;/h4-6,8-9,17,21H,3,7,10-15H2,1-2H3,(H,19,20);1H. The Morgan fingerprint density at radius 1 is 1.22 bits per heavy atom. The summed E-state index contributed by atoms with van der Waals surface area (Å²) in [4.78, 5) is 6.56. The minimum atomic E-state index is -3.11. The van der Waals surface area contributed by atoms with Crippen LogP contribution in [0.4, 0.5) is 0 Å². The summed E-state index contributed by atoms with van der Waals surface area (Å²) in [7, 11) is -1.34. The number of para-hydroxylation sites is 1. The summed E-state index contributed by atoms with van der Waals surface area (Å²) in [6, 6.07) is 9.92. The monoisotopic (exact) mass is 510 g/mol. The number of aliphatic imine (C=N–C) groups is 1. The van der Waals surface area contributed by atoms with Crippen molar-refractivity contribution in [2.45, 2.75) is 32.3 Å². The van der Waals surface area contributed by atoms with Gasteiger partial charge in [-0.05, 0) is 25.5 Å². The number of piperidine rings is 1. The van der Waals surface area contributed by atoms with Crippen molar-refractivity contribution in [3.05, 3.63) is 30.3 Å². The van der Waals surface area contributed by atoms with Gasteiger partial charge in [0.1, 0.15) is 11.9 Å². The van der Waals surface area contributed by atoms with Crippen molar-refractivity contribution in [2.24, 2.45) is 4.99 Å². The lowest BCUT2D eigenvalue weighted by Crippen LogP contribution is -2.47. The smallest absolute Gasteiger partial charge is 0.211 e. The largest absolute Gasteiger partial charge is 0.490 e. The van der Waals surface area contributed by atoms with Crippen LogP contribution in [0.15, 0.2) is 35.3 Å². The van der Waals surface area contributed by atoms with E-state index in [0.29, 0.717) is 19.5 Å². The van der Waals surface area contributed by atoms with Crippen molar-refractivity contribution in [1.82, 2.24) is 14.9 Å². The number of nitrogens with zero attached hydrogens (tertiary/aromatic N) is 2. The highest BCUT2D eigenvalue weighted by molar-refractivity contribution is 14.0. The Labute approximate surface area is 180 Å². The van der Waals surface area contributed by atoms with Crippen LogP contribution in [-0.4, -0.2) is 64.4 Å². The number of halogens is 1. The predicted octanol–water partition coefficient (Wildman–Crippen LogP) is 2.05. The number of hydrogen-bond donors (Lipinski definition) is 2. The van der Waals surface area contributed by atoms with Crippen LogP contribution < -0.4 is 14.8 Å². The average Bonchev–Trinajstić information content (AvgIpc) is 2.66. The van der Waals surface area contributed by atoms with E-state index in [1.807, 2.05) is 30.3 Å². The second-order valence-electron chi connectivity index (χ2n) is 6.24. The van der Waals surface area contributed by atoms with E-state index < -0.39 is 10.0 Å². The normalized spacial score (nSPS) is 15.9. The van der Waals surface area contributed by atoms with E-state index in [4.69, 9.17) is 4.74 Å². The molecule has 1 saturated heterocycles. The molecule has 27 heavy (non-hydrogen) atoms. The number of rotatable bonds is 8. The van der Waals surface area contributed by atoms with Crippen molar-refractivity contribution in [3.63, 3.8) is 0 Å². The molecule has 1 heterocycles. The number of hydrogen-bond acceptors (Lipinski definition) is 4. The first-order valence-corrected chi connectivity index (χ1v) is 10.8. The Bertz CT molecular complexity index is 662. The molecule has 1 aliphatic rings. The highest BCUT2D eigenvalue weighted by Crippen LogP contribution is 2.18. The van der Waals surface area contributed by atoms with E-state index in [1.54, 1.807) is 14.0 Å². The number of sulfonamides is 1. The van der Waals surface area contributed by atoms with Crippen molar-refractivity contribution < 1.29 is 13.2 Å². The minimum Gasteiger partial charge on any atom is -0.490 e. The van der Waals surface area contributed by atoms with Crippen molar-refractivity contribution >= 4 is 40.0 Å². The highest BCUT2D eigenvalue weighted by Gasteiger charge is 2.22. The maximum absolute atomic E-state index is 11.4. The zero-order chi connectivity index (χ0) is 18.8. The minimum absolute atomic E-state index is 0. The number of nitrogens with one attached hydrogen (secondary N) is 2. The Hall–Kier alpha value is -1.07. The number of ether oxygens (including phenoxy) is 1. The summed E-state index contributed by atoms with van der Waals surface area (Å²) in [6.07, 6.45) is 2.85. The molecule has 0 atom stereocenters. The van der Waals surface area contributed by atoms with E-state index >= 15 is 0 Å². The van der Waals surface area contributed by atoms with Gasteiger partial charge in [0, 0.05) is 46.1 Å². The van der Waals surface area contributed by atoms with Crippen LogP contribution >= 0.6 is 24.0 Å². The third-order valence-corrected chi connectivity index (χ3v) is 5.74. The van der Waals surface area contributed by atoms with Crippen LogP contribution in [0, 0.1) is 0 Å². The lowest BCUT2D eigenvalue weighted by atomic mass is 10.1. The van der Waals surface area contributed by atoms with E-state index in [1.165, 1.54) is 0 Å². The summed E-state index contributed by atoms with van der Waals surface area (Å²) >= 11 is 0. The van der Waals surface area contributed by atoms with Crippen LogP contribution in [0.25, 0.3) is 0 Å². The van der Waals surface area contributed by atoms with E-state index in [-0.39, 0.29) is 35.8 Å². The summed E-state index contributed by atoms with van der Waals surface area (Å²) in [5, 5.41) is 3.31. The molecule has 1 aromatic carbocycles. The molecule has 0 amide bonds.